The average Bonchev–Trinajstić information content (AvgIpc) is 2.79. The van der Waals surface area contributed by atoms with Gasteiger partial charge >= 0.3 is 0 Å². The van der Waals surface area contributed by atoms with Crippen molar-refractivity contribution >= 4 is 27.5 Å². The summed E-state index contributed by atoms with van der Waals surface area (Å²) in [6.07, 6.45) is 6.82. The number of rotatable bonds is 5. The molecular weight excluding hydrogens is 416 g/mol. The van der Waals surface area contributed by atoms with Crippen molar-refractivity contribution in [3.63, 3.8) is 0 Å². The highest BCUT2D eigenvalue weighted by molar-refractivity contribution is 7.84. The Morgan fingerprint density at radius 3 is 1.70 bits per heavy atom. The van der Waals surface area contributed by atoms with E-state index in [-0.39, 0.29) is 0 Å². The van der Waals surface area contributed by atoms with Crippen LogP contribution in [-0.4, -0.2) is 49.2 Å². The first-order chi connectivity index (χ1) is 14.5. The maximum absolute atomic E-state index is 11.8. The highest BCUT2D eigenvalue weighted by Gasteiger charge is 2.19. The van der Waals surface area contributed by atoms with E-state index in [1.165, 1.54) is 6.42 Å². The molecule has 30 heavy (non-hydrogen) atoms. The van der Waals surface area contributed by atoms with E-state index in [2.05, 4.69) is 15.1 Å². The molecule has 0 N–H and O–H groups in total. The summed E-state index contributed by atoms with van der Waals surface area (Å²) in [4.78, 5) is 8.61. The molecule has 0 saturated carbocycles. The van der Waals surface area contributed by atoms with E-state index in [1.54, 1.807) is 12.5 Å². The van der Waals surface area contributed by atoms with Crippen LogP contribution < -0.4 is 4.90 Å². The fourth-order valence-electron chi connectivity index (χ4n) is 3.55. The Morgan fingerprint density at radius 1 is 0.700 bits per heavy atom. The van der Waals surface area contributed by atoms with Crippen LogP contribution in [0.5, 0.6) is 0 Å². The van der Waals surface area contributed by atoms with Gasteiger partial charge in [0.25, 0.3) is 0 Å². The van der Waals surface area contributed by atoms with Gasteiger partial charge in [0.05, 0.1) is 0 Å². The van der Waals surface area contributed by atoms with Gasteiger partial charge in [0.15, 0.2) is 0 Å². The summed E-state index contributed by atoms with van der Waals surface area (Å²) in [6.45, 7) is 1.87. The van der Waals surface area contributed by atoms with Crippen molar-refractivity contribution in [2.75, 3.05) is 30.5 Å². The number of benzene rings is 2. The molecule has 1 fully saturated rings. The molecule has 156 valence electrons. The first-order valence-corrected chi connectivity index (χ1v) is 13.0. The van der Waals surface area contributed by atoms with Crippen molar-refractivity contribution in [2.24, 2.45) is 0 Å². The average molecular weight is 441 g/mol. The second-order valence-electron chi connectivity index (χ2n) is 7.31. The van der Waals surface area contributed by atoms with Crippen LogP contribution >= 0.6 is 0 Å². The Hall–Kier alpha value is -2.45. The van der Waals surface area contributed by atoms with Crippen molar-refractivity contribution < 1.29 is 8.42 Å². The van der Waals surface area contributed by atoms with E-state index in [0.717, 1.165) is 52.5 Å². The summed E-state index contributed by atoms with van der Waals surface area (Å²) in [5.74, 6) is 0.642. The summed E-state index contributed by atoms with van der Waals surface area (Å²) in [5.41, 5.74) is 3.18. The highest BCUT2D eigenvalue weighted by Crippen LogP contribution is 2.31. The van der Waals surface area contributed by atoms with Gasteiger partial charge in [-0.2, -0.15) is 0 Å². The number of hydrogen-bond acceptors (Lipinski definition) is 6. The Kier molecular flexibility index (Phi) is 6.34. The highest BCUT2D eigenvalue weighted by atomic mass is 32.2. The van der Waals surface area contributed by atoms with E-state index in [1.807, 2.05) is 48.5 Å². The fraction of sp³-hybridized carbons (Fsp3) is 0.318. The van der Waals surface area contributed by atoms with Crippen LogP contribution in [0.15, 0.2) is 58.3 Å². The van der Waals surface area contributed by atoms with Crippen molar-refractivity contribution in [1.29, 1.82) is 0 Å². The van der Waals surface area contributed by atoms with E-state index in [0.29, 0.717) is 11.6 Å². The SMILES string of the molecule is CS(=O)c1ccc(-c2nnc(N3CCCCC3)nc2-c2ccc(S(C)=O)cc2)cc1. The van der Waals surface area contributed by atoms with E-state index in [9.17, 15) is 8.42 Å². The predicted octanol–water partition coefficient (Wildman–Crippen LogP) is 3.67. The summed E-state index contributed by atoms with van der Waals surface area (Å²) in [7, 11) is -2.07. The molecule has 1 aliphatic heterocycles. The van der Waals surface area contributed by atoms with Gasteiger partial charge < -0.3 is 4.90 Å². The lowest BCUT2D eigenvalue weighted by atomic mass is 10.0. The van der Waals surface area contributed by atoms with Crippen LogP contribution in [0, 0.1) is 0 Å². The molecule has 1 saturated heterocycles. The van der Waals surface area contributed by atoms with Gasteiger partial charge in [-0.25, -0.2) is 4.98 Å². The van der Waals surface area contributed by atoms with Crippen LogP contribution in [0.25, 0.3) is 22.5 Å². The van der Waals surface area contributed by atoms with Crippen molar-refractivity contribution in [3.8, 4) is 22.5 Å². The van der Waals surface area contributed by atoms with E-state index in [4.69, 9.17) is 4.98 Å². The molecule has 0 radical (unpaired) electrons. The van der Waals surface area contributed by atoms with Crippen LogP contribution in [-0.2, 0) is 21.6 Å². The van der Waals surface area contributed by atoms with Gasteiger partial charge in [0, 0.05) is 68.1 Å². The molecular formula is C22H24N4O2S2. The maximum atomic E-state index is 11.8. The summed E-state index contributed by atoms with van der Waals surface area (Å²) in [6, 6.07) is 15.1. The number of nitrogens with zero attached hydrogens (tertiary/aromatic N) is 4. The fourth-order valence-corrected chi connectivity index (χ4v) is 4.59. The Labute approximate surface area is 181 Å². The molecule has 2 atom stereocenters. The van der Waals surface area contributed by atoms with Gasteiger partial charge in [0.1, 0.15) is 11.4 Å². The Balaban J connectivity index is 1.80. The van der Waals surface area contributed by atoms with Gasteiger partial charge in [-0.15, -0.1) is 10.2 Å². The quantitative estimate of drug-likeness (QED) is 0.603. The third kappa shape index (κ3) is 4.49. The molecule has 1 aromatic heterocycles. The van der Waals surface area contributed by atoms with Crippen molar-refractivity contribution in [3.05, 3.63) is 48.5 Å². The smallest absolute Gasteiger partial charge is 0.245 e. The molecule has 2 heterocycles. The molecule has 6 nitrogen and oxygen atoms in total. The van der Waals surface area contributed by atoms with E-state index >= 15 is 0 Å². The molecule has 0 bridgehead atoms. The lowest BCUT2D eigenvalue weighted by molar-refractivity contribution is 0.565. The van der Waals surface area contributed by atoms with Crippen molar-refractivity contribution in [2.45, 2.75) is 29.1 Å². The number of piperidine rings is 1. The summed E-state index contributed by atoms with van der Waals surface area (Å²) >= 11 is 0. The molecule has 1 aliphatic rings. The first kappa shape index (κ1) is 20.8. The Morgan fingerprint density at radius 2 is 1.20 bits per heavy atom. The minimum Gasteiger partial charge on any atom is -0.340 e. The zero-order chi connectivity index (χ0) is 21.1. The Bertz CT molecular complexity index is 1080. The van der Waals surface area contributed by atoms with Crippen LogP contribution in [0.4, 0.5) is 5.95 Å². The number of aromatic nitrogens is 3. The van der Waals surface area contributed by atoms with Crippen LogP contribution in [0.3, 0.4) is 0 Å². The monoisotopic (exact) mass is 440 g/mol. The predicted molar refractivity (Wildman–Crippen MR) is 121 cm³/mol. The molecule has 2 aromatic carbocycles. The topological polar surface area (TPSA) is 76.1 Å². The van der Waals surface area contributed by atoms with E-state index < -0.39 is 21.6 Å². The molecule has 0 amide bonds. The molecule has 8 heteroatoms. The van der Waals surface area contributed by atoms with Gasteiger partial charge in [-0.1, -0.05) is 24.3 Å². The standard InChI is InChI=1S/C22H24N4O2S2/c1-29(27)18-10-6-16(7-11-18)20-21(17-8-12-19(13-9-17)30(2)28)24-25-22(23-20)26-14-4-3-5-15-26/h6-13H,3-5,14-15H2,1-2H3. The van der Waals surface area contributed by atoms with Crippen molar-refractivity contribution in [1.82, 2.24) is 15.2 Å². The number of hydrogen-bond donors (Lipinski definition) is 0. The normalized spacial score (nSPS) is 16.3. The number of anilines is 1. The van der Waals surface area contributed by atoms with Gasteiger partial charge in [-0.05, 0) is 43.5 Å². The first-order valence-electron chi connectivity index (χ1n) is 9.90. The van der Waals surface area contributed by atoms with Crippen LogP contribution in [0.2, 0.25) is 0 Å². The van der Waals surface area contributed by atoms with Crippen LogP contribution in [0.1, 0.15) is 19.3 Å². The lowest BCUT2D eigenvalue weighted by Gasteiger charge is -2.26. The second-order valence-corrected chi connectivity index (χ2v) is 10.1. The molecule has 4 rings (SSSR count). The minimum atomic E-state index is -1.04. The van der Waals surface area contributed by atoms with Gasteiger partial charge in [0.2, 0.25) is 5.95 Å². The maximum Gasteiger partial charge on any atom is 0.245 e. The third-order valence-corrected chi connectivity index (χ3v) is 7.11. The zero-order valence-electron chi connectivity index (χ0n) is 17.1. The minimum absolute atomic E-state index is 0.642. The lowest BCUT2D eigenvalue weighted by Crippen LogP contribution is -2.31. The second kappa shape index (κ2) is 9.14. The third-order valence-electron chi connectivity index (χ3n) is 5.23. The molecule has 2 unspecified atom stereocenters. The molecule has 0 aliphatic carbocycles. The largest absolute Gasteiger partial charge is 0.340 e. The van der Waals surface area contributed by atoms with Gasteiger partial charge in [-0.3, -0.25) is 8.42 Å². The zero-order valence-corrected chi connectivity index (χ0v) is 18.7. The molecule has 0 spiro atoms. The summed E-state index contributed by atoms with van der Waals surface area (Å²) in [5, 5.41) is 8.97. The molecule has 3 aromatic rings. The summed E-state index contributed by atoms with van der Waals surface area (Å²) < 4.78 is 23.5.